The Hall–Kier alpha value is -3.45. The molecule has 2 aliphatic rings. The van der Waals surface area contributed by atoms with Crippen LogP contribution in [0.2, 0.25) is 0 Å². The van der Waals surface area contributed by atoms with Gasteiger partial charge in [0.05, 0.1) is 24.6 Å². The Morgan fingerprint density at radius 2 is 1.94 bits per heavy atom. The van der Waals surface area contributed by atoms with E-state index in [9.17, 15) is 4.79 Å². The topological polar surface area (TPSA) is 93.4 Å². The van der Waals surface area contributed by atoms with E-state index in [1.807, 2.05) is 18.2 Å². The predicted molar refractivity (Wildman–Crippen MR) is 130 cm³/mol. The summed E-state index contributed by atoms with van der Waals surface area (Å²) < 4.78 is 5.90. The van der Waals surface area contributed by atoms with Crippen LogP contribution in [0.1, 0.15) is 29.8 Å². The van der Waals surface area contributed by atoms with E-state index >= 15 is 0 Å². The fraction of sp³-hybridized carbons (Fsp3) is 0.346. The molecule has 1 aromatic heterocycles. The van der Waals surface area contributed by atoms with Gasteiger partial charge in [0.25, 0.3) is 5.91 Å². The number of nitrogens with two attached hydrogens (primary N) is 1. The van der Waals surface area contributed by atoms with Crippen LogP contribution in [0.5, 0.6) is 0 Å². The molecule has 33 heavy (non-hydrogen) atoms. The van der Waals surface area contributed by atoms with Crippen LogP contribution in [-0.2, 0) is 11.2 Å². The Kier molecular flexibility index (Phi) is 5.72. The first-order valence-electron chi connectivity index (χ1n) is 11.5. The summed E-state index contributed by atoms with van der Waals surface area (Å²) in [7, 11) is 0. The van der Waals surface area contributed by atoms with Crippen molar-refractivity contribution in [2.24, 2.45) is 5.92 Å². The van der Waals surface area contributed by atoms with Crippen LogP contribution in [0.4, 0.5) is 11.5 Å². The Morgan fingerprint density at radius 1 is 1.15 bits per heavy atom. The third-order valence-corrected chi connectivity index (χ3v) is 6.47. The number of carbonyl (C=O) groups is 1. The quantitative estimate of drug-likeness (QED) is 0.641. The fourth-order valence-corrected chi connectivity index (χ4v) is 4.48. The molecule has 3 aromatic rings. The molecule has 170 valence electrons. The van der Waals surface area contributed by atoms with E-state index in [0.717, 1.165) is 48.5 Å². The van der Waals surface area contributed by atoms with Crippen LogP contribution in [0.25, 0.3) is 22.5 Å². The summed E-state index contributed by atoms with van der Waals surface area (Å²) >= 11 is 0. The summed E-state index contributed by atoms with van der Waals surface area (Å²) in [5.41, 5.74) is 12.4. The Balaban J connectivity index is 1.41. The molecule has 1 fully saturated rings. The molecule has 1 amide bonds. The van der Waals surface area contributed by atoms with Crippen molar-refractivity contribution in [1.29, 1.82) is 0 Å². The van der Waals surface area contributed by atoms with Gasteiger partial charge in [-0.3, -0.25) is 4.79 Å². The third kappa shape index (κ3) is 4.28. The van der Waals surface area contributed by atoms with Crippen LogP contribution in [-0.4, -0.2) is 48.2 Å². The first kappa shape index (κ1) is 21.4. The zero-order valence-corrected chi connectivity index (χ0v) is 19.0. The zero-order chi connectivity index (χ0) is 22.9. The predicted octanol–water partition coefficient (Wildman–Crippen LogP) is 3.54. The van der Waals surface area contributed by atoms with Gasteiger partial charge in [0, 0.05) is 42.0 Å². The molecule has 0 saturated carbocycles. The van der Waals surface area contributed by atoms with Crippen LogP contribution in [0, 0.1) is 5.92 Å². The smallest absolute Gasteiger partial charge is 0.251 e. The number of rotatable bonds is 4. The second-order valence-corrected chi connectivity index (χ2v) is 9.01. The molecule has 2 aromatic carbocycles. The first-order valence-corrected chi connectivity index (χ1v) is 11.5. The van der Waals surface area contributed by atoms with Crippen molar-refractivity contribution >= 4 is 17.4 Å². The Labute approximate surface area is 194 Å². The molecule has 1 atom stereocenters. The van der Waals surface area contributed by atoms with Crippen molar-refractivity contribution in [2.75, 3.05) is 36.9 Å². The number of ether oxygens (including phenoxy) is 1. The summed E-state index contributed by atoms with van der Waals surface area (Å²) in [6, 6.07) is 14.2. The minimum atomic E-state index is -0.0318. The van der Waals surface area contributed by atoms with Gasteiger partial charge < -0.3 is 20.7 Å². The van der Waals surface area contributed by atoms with Crippen LogP contribution < -0.4 is 16.0 Å². The SMILES string of the molecule is CC(C)[C@H]1CN(c2ccc(-c3cnc(N)c(-c4ccc5c(c4)CCNC5=O)n3)cc2)CCO1. The molecular weight excluding hydrogens is 414 g/mol. The van der Waals surface area contributed by atoms with Crippen LogP contribution in [0.3, 0.4) is 0 Å². The fourth-order valence-electron chi connectivity index (χ4n) is 4.48. The van der Waals surface area contributed by atoms with Crippen molar-refractivity contribution in [3.05, 3.63) is 59.8 Å². The number of aromatic nitrogens is 2. The molecule has 1 saturated heterocycles. The van der Waals surface area contributed by atoms with E-state index in [1.165, 1.54) is 5.69 Å². The van der Waals surface area contributed by atoms with Gasteiger partial charge in [-0.2, -0.15) is 0 Å². The number of amides is 1. The van der Waals surface area contributed by atoms with E-state index in [4.69, 9.17) is 15.5 Å². The minimum absolute atomic E-state index is 0.0318. The van der Waals surface area contributed by atoms with Crippen molar-refractivity contribution in [3.8, 4) is 22.5 Å². The number of hydrogen-bond donors (Lipinski definition) is 2. The molecule has 7 nitrogen and oxygen atoms in total. The highest BCUT2D eigenvalue weighted by Crippen LogP contribution is 2.30. The highest BCUT2D eigenvalue weighted by molar-refractivity contribution is 5.97. The number of fused-ring (bicyclic) bond motifs is 1. The molecular formula is C26H29N5O2. The number of hydrogen-bond acceptors (Lipinski definition) is 6. The largest absolute Gasteiger partial charge is 0.382 e. The molecule has 0 bridgehead atoms. The number of morpholine rings is 1. The van der Waals surface area contributed by atoms with Gasteiger partial charge in [0.1, 0.15) is 11.5 Å². The second-order valence-electron chi connectivity index (χ2n) is 9.01. The minimum Gasteiger partial charge on any atom is -0.382 e. The monoisotopic (exact) mass is 443 g/mol. The summed E-state index contributed by atoms with van der Waals surface area (Å²) in [6.45, 7) is 7.59. The number of carbonyl (C=O) groups excluding carboxylic acids is 1. The lowest BCUT2D eigenvalue weighted by Gasteiger charge is -2.36. The molecule has 3 N–H and O–H groups in total. The summed E-state index contributed by atoms with van der Waals surface area (Å²) in [6.07, 6.45) is 2.76. The molecule has 0 unspecified atom stereocenters. The van der Waals surface area contributed by atoms with E-state index < -0.39 is 0 Å². The van der Waals surface area contributed by atoms with Gasteiger partial charge in [0.2, 0.25) is 0 Å². The lowest BCUT2D eigenvalue weighted by atomic mass is 9.96. The lowest BCUT2D eigenvalue weighted by molar-refractivity contribution is 0.0114. The maximum Gasteiger partial charge on any atom is 0.251 e. The van der Waals surface area contributed by atoms with E-state index in [1.54, 1.807) is 6.20 Å². The Bertz CT molecular complexity index is 1180. The third-order valence-electron chi connectivity index (χ3n) is 6.47. The number of anilines is 2. The van der Waals surface area contributed by atoms with Gasteiger partial charge in [0.15, 0.2) is 0 Å². The first-order chi connectivity index (χ1) is 16.0. The highest BCUT2D eigenvalue weighted by atomic mass is 16.5. The van der Waals surface area contributed by atoms with Crippen molar-refractivity contribution in [1.82, 2.24) is 15.3 Å². The van der Waals surface area contributed by atoms with Crippen LogP contribution in [0.15, 0.2) is 48.7 Å². The molecule has 2 aliphatic heterocycles. The normalized spacial score (nSPS) is 18.2. The molecule has 3 heterocycles. The average molecular weight is 444 g/mol. The van der Waals surface area contributed by atoms with Crippen molar-refractivity contribution < 1.29 is 9.53 Å². The number of benzene rings is 2. The van der Waals surface area contributed by atoms with Crippen molar-refractivity contribution in [3.63, 3.8) is 0 Å². The standard InChI is InChI=1S/C26H29N5O2/c1-16(2)23-15-31(11-12-33-23)20-6-3-17(4-7-20)22-14-29-25(27)24(30-22)19-5-8-21-18(13-19)9-10-28-26(21)32/h3-8,13-14,16,23H,9-12,15H2,1-2H3,(H2,27,29)(H,28,32)/t23-/m1/s1. The zero-order valence-electron chi connectivity index (χ0n) is 19.0. The van der Waals surface area contributed by atoms with Gasteiger partial charge in [-0.05, 0) is 42.2 Å². The molecule has 0 spiro atoms. The second kappa shape index (κ2) is 8.83. The van der Waals surface area contributed by atoms with E-state index in [0.29, 0.717) is 29.5 Å². The molecule has 0 radical (unpaired) electrons. The van der Waals surface area contributed by atoms with Gasteiger partial charge in [-0.15, -0.1) is 0 Å². The number of nitrogens with zero attached hydrogens (tertiary/aromatic N) is 3. The molecule has 7 heteroatoms. The van der Waals surface area contributed by atoms with Gasteiger partial charge in [-0.1, -0.05) is 32.0 Å². The van der Waals surface area contributed by atoms with Gasteiger partial charge in [-0.25, -0.2) is 9.97 Å². The summed E-state index contributed by atoms with van der Waals surface area (Å²) in [5, 5.41) is 2.87. The maximum absolute atomic E-state index is 12.1. The summed E-state index contributed by atoms with van der Waals surface area (Å²) in [5.74, 6) is 0.841. The van der Waals surface area contributed by atoms with Crippen molar-refractivity contribution in [2.45, 2.75) is 26.4 Å². The number of nitrogen functional groups attached to an aromatic ring is 1. The van der Waals surface area contributed by atoms with E-state index in [-0.39, 0.29) is 12.0 Å². The molecule has 5 rings (SSSR count). The highest BCUT2D eigenvalue weighted by Gasteiger charge is 2.23. The van der Waals surface area contributed by atoms with E-state index in [2.05, 4.69) is 53.3 Å². The maximum atomic E-state index is 12.1. The van der Waals surface area contributed by atoms with Crippen LogP contribution >= 0.6 is 0 Å². The Morgan fingerprint density at radius 3 is 2.73 bits per heavy atom. The summed E-state index contributed by atoms with van der Waals surface area (Å²) in [4.78, 5) is 23.7. The lowest BCUT2D eigenvalue weighted by Crippen LogP contribution is -2.44. The average Bonchev–Trinajstić information content (AvgIpc) is 2.84. The number of nitrogens with one attached hydrogen (secondary N) is 1. The van der Waals surface area contributed by atoms with Gasteiger partial charge >= 0.3 is 0 Å². The molecule has 0 aliphatic carbocycles.